The molecule has 2 heterocycles. The van der Waals surface area contributed by atoms with Crippen molar-refractivity contribution in [3.63, 3.8) is 0 Å². The lowest BCUT2D eigenvalue weighted by Gasteiger charge is -1.99. The Hall–Kier alpha value is -2.06. The molecule has 1 N–H and O–H groups in total. The maximum atomic E-state index is 11.7. The fourth-order valence-electron chi connectivity index (χ4n) is 2.17. The van der Waals surface area contributed by atoms with E-state index in [1.807, 2.05) is 13.0 Å². The number of carbonyl (C=O) groups is 1. The summed E-state index contributed by atoms with van der Waals surface area (Å²) in [6.07, 6.45) is 5.25. The summed E-state index contributed by atoms with van der Waals surface area (Å²) in [4.78, 5) is 24.9. The lowest BCUT2D eigenvalue weighted by atomic mass is 10.2. The SMILES string of the molecule is CCc1sc(C=NNC(=O)CCCCc2cccs2)cc1[N+](=O)[O-]. The molecule has 0 saturated carbocycles. The van der Waals surface area contributed by atoms with Crippen LogP contribution in [0.4, 0.5) is 5.69 Å². The Labute approximate surface area is 148 Å². The third-order valence-electron chi connectivity index (χ3n) is 3.36. The molecule has 1 amide bonds. The van der Waals surface area contributed by atoms with Crippen LogP contribution in [-0.2, 0) is 17.6 Å². The van der Waals surface area contributed by atoms with Crippen molar-refractivity contribution in [2.24, 2.45) is 5.10 Å². The van der Waals surface area contributed by atoms with Gasteiger partial charge in [0, 0.05) is 17.4 Å². The first kappa shape index (κ1) is 18.3. The zero-order valence-corrected chi connectivity index (χ0v) is 15.0. The van der Waals surface area contributed by atoms with Crippen molar-refractivity contribution < 1.29 is 9.72 Å². The molecule has 6 nitrogen and oxygen atoms in total. The summed E-state index contributed by atoms with van der Waals surface area (Å²) < 4.78 is 0. The Kier molecular flexibility index (Phi) is 7.07. The van der Waals surface area contributed by atoms with Gasteiger partial charge < -0.3 is 0 Å². The van der Waals surface area contributed by atoms with Crippen molar-refractivity contribution in [3.8, 4) is 0 Å². The van der Waals surface area contributed by atoms with E-state index in [0.717, 1.165) is 19.3 Å². The summed E-state index contributed by atoms with van der Waals surface area (Å²) in [6, 6.07) is 5.61. The number of unbranched alkanes of at least 4 members (excludes halogenated alkanes) is 1. The predicted molar refractivity (Wildman–Crippen MR) is 98.0 cm³/mol. The first-order valence-corrected chi connectivity index (χ1v) is 9.41. The number of carbonyl (C=O) groups excluding carboxylic acids is 1. The number of amides is 1. The van der Waals surface area contributed by atoms with E-state index in [9.17, 15) is 14.9 Å². The highest BCUT2D eigenvalue weighted by Gasteiger charge is 2.16. The molecular formula is C16H19N3O3S2. The van der Waals surface area contributed by atoms with Crippen LogP contribution in [0.15, 0.2) is 28.7 Å². The molecule has 8 heteroatoms. The minimum absolute atomic E-state index is 0.115. The van der Waals surface area contributed by atoms with E-state index in [1.165, 1.54) is 28.5 Å². The quantitative estimate of drug-likeness (QED) is 0.314. The van der Waals surface area contributed by atoms with Crippen LogP contribution in [0, 0.1) is 10.1 Å². The second kappa shape index (κ2) is 9.29. The van der Waals surface area contributed by atoms with Gasteiger partial charge in [-0.25, -0.2) is 5.43 Å². The summed E-state index contributed by atoms with van der Waals surface area (Å²) in [6.45, 7) is 1.87. The minimum Gasteiger partial charge on any atom is -0.273 e. The van der Waals surface area contributed by atoms with Crippen LogP contribution < -0.4 is 5.43 Å². The van der Waals surface area contributed by atoms with Crippen LogP contribution in [0.2, 0.25) is 0 Å². The molecule has 0 aliphatic carbocycles. The number of nitrogens with zero attached hydrogens (tertiary/aromatic N) is 2. The van der Waals surface area contributed by atoms with Gasteiger partial charge in [-0.05, 0) is 37.1 Å². The molecule has 2 rings (SSSR count). The Morgan fingerprint density at radius 2 is 2.29 bits per heavy atom. The number of hydrogen-bond donors (Lipinski definition) is 1. The van der Waals surface area contributed by atoms with Crippen molar-refractivity contribution in [2.45, 2.75) is 39.0 Å². The van der Waals surface area contributed by atoms with Gasteiger partial charge in [-0.2, -0.15) is 5.10 Å². The summed E-state index contributed by atoms with van der Waals surface area (Å²) in [7, 11) is 0. The standard InChI is InChI=1S/C16H19N3O3S2/c1-2-15-14(19(21)22)10-13(24-15)11-17-18-16(20)8-4-3-6-12-7-5-9-23-12/h5,7,9-11H,2-4,6,8H2,1H3,(H,18,20). The van der Waals surface area contributed by atoms with Crippen molar-refractivity contribution in [1.29, 1.82) is 0 Å². The van der Waals surface area contributed by atoms with Crippen LogP contribution in [0.25, 0.3) is 0 Å². The van der Waals surface area contributed by atoms with Crippen molar-refractivity contribution >= 4 is 40.5 Å². The van der Waals surface area contributed by atoms with Crippen LogP contribution in [0.1, 0.15) is 40.8 Å². The zero-order valence-electron chi connectivity index (χ0n) is 13.4. The highest BCUT2D eigenvalue weighted by atomic mass is 32.1. The molecule has 24 heavy (non-hydrogen) atoms. The van der Waals surface area contributed by atoms with Gasteiger partial charge in [-0.1, -0.05) is 13.0 Å². The number of hydrazone groups is 1. The minimum atomic E-state index is -0.390. The highest BCUT2D eigenvalue weighted by molar-refractivity contribution is 7.14. The normalized spacial score (nSPS) is 11.0. The van der Waals surface area contributed by atoms with Gasteiger partial charge in [0.2, 0.25) is 5.91 Å². The van der Waals surface area contributed by atoms with Gasteiger partial charge in [0.1, 0.15) is 0 Å². The first-order chi connectivity index (χ1) is 11.6. The monoisotopic (exact) mass is 365 g/mol. The number of thiophene rings is 2. The third kappa shape index (κ3) is 5.54. The van der Waals surface area contributed by atoms with Crippen molar-refractivity contribution in [2.75, 3.05) is 0 Å². The summed E-state index contributed by atoms with van der Waals surface area (Å²) in [5, 5.41) is 16.8. The lowest BCUT2D eigenvalue weighted by Crippen LogP contribution is -2.16. The number of nitro groups is 1. The Morgan fingerprint density at radius 1 is 1.46 bits per heavy atom. The largest absolute Gasteiger partial charge is 0.283 e. The second-order valence-corrected chi connectivity index (χ2v) is 7.35. The van der Waals surface area contributed by atoms with Crippen LogP contribution in [0.3, 0.4) is 0 Å². The molecule has 0 aliphatic rings. The molecule has 0 aliphatic heterocycles. The van der Waals surface area contributed by atoms with Crippen molar-refractivity contribution in [1.82, 2.24) is 5.43 Å². The molecule has 0 unspecified atom stereocenters. The lowest BCUT2D eigenvalue weighted by molar-refractivity contribution is -0.385. The average Bonchev–Trinajstić information content (AvgIpc) is 3.21. The molecule has 2 aromatic rings. The second-order valence-electron chi connectivity index (χ2n) is 5.15. The van der Waals surface area contributed by atoms with E-state index in [0.29, 0.717) is 22.6 Å². The summed E-state index contributed by atoms with van der Waals surface area (Å²) >= 11 is 3.05. The van der Waals surface area contributed by atoms with E-state index in [1.54, 1.807) is 11.3 Å². The number of nitrogens with one attached hydrogen (secondary N) is 1. The zero-order chi connectivity index (χ0) is 17.4. The van der Waals surface area contributed by atoms with Gasteiger partial charge >= 0.3 is 0 Å². The van der Waals surface area contributed by atoms with Crippen LogP contribution >= 0.6 is 22.7 Å². The number of hydrogen-bond acceptors (Lipinski definition) is 6. The molecule has 0 spiro atoms. The average molecular weight is 365 g/mol. The van der Waals surface area contributed by atoms with E-state index >= 15 is 0 Å². The van der Waals surface area contributed by atoms with Gasteiger partial charge in [-0.3, -0.25) is 14.9 Å². The molecule has 2 aromatic heterocycles. The van der Waals surface area contributed by atoms with E-state index in [4.69, 9.17) is 0 Å². The van der Waals surface area contributed by atoms with Crippen LogP contribution in [0.5, 0.6) is 0 Å². The molecule has 0 atom stereocenters. The predicted octanol–water partition coefficient (Wildman–Crippen LogP) is 4.14. The maximum Gasteiger partial charge on any atom is 0.283 e. The first-order valence-electron chi connectivity index (χ1n) is 7.71. The fourth-order valence-corrected chi connectivity index (χ4v) is 3.87. The fraction of sp³-hybridized carbons (Fsp3) is 0.375. The van der Waals surface area contributed by atoms with Gasteiger partial charge in [0.05, 0.1) is 20.9 Å². The Bertz CT molecular complexity index is 708. The molecule has 0 aromatic carbocycles. The van der Waals surface area contributed by atoms with Crippen LogP contribution in [-0.4, -0.2) is 17.0 Å². The molecule has 128 valence electrons. The van der Waals surface area contributed by atoms with E-state index in [-0.39, 0.29) is 11.6 Å². The topological polar surface area (TPSA) is 84.6 Å². The number of rotatable bonds is 9. The Balaban J connectivity index is 1.72. The Morgan fingerprint density at radius 3 is 2.92 bits per heavy atom. The number of aryl methyl sites for hydroxylation is 2. The molecular weight excluding hydrogens is 346 g/mol. The smallest absolute Gasteiger partial charge is 0.273 e. The molecule has 0 saturated heterocycles. The van der Waals surface area contributed by atoms with Gasteiger partial charge in [0.15, 0.2) is 0 Å². The molecule has 0 bridgehead atoms. The summed E-state index contributed by atoms with van der Waals surface area (Å²) in [5.41, 5.74) is 2.59. The maximum absolute atomic E-state index is 11.7. The van der Waals surface area contributed by atoms with Crippen molar-refractivity contribution in [3.05, 3.63) is 48.3 Å². The van der Waals surface area contributed by atoms with Gasteiger partial charge in [-0.15, -0.1) is 22.7 Å². The van der Waals surface area contributed by atoms with E-state index < -0.39 is 4.92 Å². The third-order valence-corrected chi connectivity index (χ3v) is 5.50. The summed E-state index contributed by atoms with van der Waals surface area (Å²) in [5.74, 6) is -0.140. The van der Waals surface area contributed by atoms with Gasteiger partial charge in [0.25, 0.3) is 5.69 Å². The van der Waals surface area contributed by atoms with E-state index in [2.05, 4.69) is 22.0 Å². The molecule has 0 radical (unpaired) electrons. The highest BCUT2D eigenvalue weighted by Crippen LogP contribution is 2.28. The molecule has 0 fully saturated rings.